The van der Waals surface area contributed by atoms with Crippen LogP contribution in [0.25, 0.3) is 0 Å². The maximum atomic E-state index is 13.3. The van der Waals surface area contributed by atoms with E-state index in [-0.39, 0.29) is 17.9 Å². The minimum atomic E-state index is -0.529. The van der Waals surface area contributed by atoms with Crippen molar-refractivity contribution in [3.05, 3.63) is 70.2 Å². The minimum Gasteiger partial charge on any atom is -0.352 e. The van der Waals surface area contributed by atoms with Crippen LogP contribution in [0, 0.1) is 0 Å². The number of aryl methyl sites for hydroxylation is 1. The number of hydrogen-bond donors (Lipinski definition) is 1. The van der Waals surface area contributed by atoms with Gasteiger partial charge in [0.05, 0.1) is 0 Å². The lowest BCUT2D eigenvalue weighted by atomic mass is 9.95. The van der Waals surface area contributed by atoms with E-state index in [0.717, 1.165) is 36.8 Å². The van der Waals surface area contributed by atoms with Crippen LogP contribution in [0.15, 0.2) is 48.5 Å². The van der Waals surface area contributed by atoms with Crippen molar-refractivity contribution < 1.29 is 9.59 Å². The number of nitrogens with zero attached hydrogens (tertiary/aromatic N) is 1. The Bertz CT molecular complexity index is 902. The Morgan fingerprint density at radius 3 is 2.15 bits per heavy atom. The quantitative estimate of drug-likeness (QED) is 0.472. The van der Waals surface area contributed by atoms with Gasteiger partial charge in [-0.1, -0.05) is 81.1 Å². The van der Waals surface area contributed by atoms with Crippen LogP contribution >= 0.6 is 11.6 Å². The molecule has 4 nitrogen and oxygen atoms in total. The minimum absolute atomic E-state index is 0.0100. The molecule has 0 saturated heterocycles. The van der Waals surface area contributed by atoms with Crippen molar-refractivity contribution in [1.82, 2.24) is 10.2 Å². The maximum Gasteiger partial charge on any atom is 0.242 e. The van der Waals surface area contributed by atoms with Gasteiger partial charge in [0.15, 0.2) is 0 Å². The van der Waals surface area contributed by atoms with Crippen LogP contribution in [-0.2, 0) is 22.6 Å². The highest BCUT2D eigenvalue weighted by molar-refractivity contribution is 6.30. The molecule has 1 fully saturated rings. The van der Waals surface area contributed by atoms with Gasteiger partial charge in [-0.15, -0.1) is 0 Å². The summed E-state index contributed by atoms with van der Waals surface area (Å²) in [6, 6.07) is 15.6. The molecule has 0 aliphatic heterocycles. The van der Waals surface area contributed by atoms with Crippen molar-refractivity contribution in [3.8, 4) is 0 Å². The molecule has 0 radical (unpaired) electrons. The van der Waals surface area contributed by atoms with E-state index in [1.165, 1.54) is 12.0 Å². The summed E-state index contributed by atoms with van der Waals surface area (Å²) in [7, 11) is 0. The van der Waals surface area contributed by atoms with Crippen molar-refractivity contribution in [1.29, 1.82) is 0 Å². The topological polar surface area (TPSA) is 49.4 Å². The molecule has 1 aliphatic rings. The Balaban J connectivity index is 1.68. The average Bonchev–Trinajstić information content (AvgIpc) is 2.82. The summed E-state index contributed by atoms with van der Waals surface area (Å²) in [4.78, 5) is 28.1. The Hall–Kier alpha value is -2.33. The summed E-state index contributed by atoms with van der Waals surface area (Å²) in [5, 5.41) is 3.84. The summed E-state index contributed by atoms with van der Waals surface area (Å²) in [5.74, 6) is 0.411. The van der Waals surface area contributed by atoms with E-state index in [4.69, 9.17) is 11.6 Å². The van der Waals surface area contributed by atoms with Gasteiger partial charge < -0.3 is 10.2 Å². The predicted molar refractivity (Wildman–Crippen MR) is 135 cm³/mol. The van der Waals surface area contributed by atoms with E-state index >= 15 is 0 Å². The van der Waals surface area contributed by atoms with E-state index < -0.39 is 6.04 Å². The highest BCUT2D eigenvalue weighted by Crippen LogP contribution is 2.20. The fraction of sp³-hybridized carbons (Fsp3) is 0.500. The molecule has 1 N–H and O–H groups in total. The Kier molecular flexibility index (Phi) is 9.37. The molecule has 0 heterocycles. The van der Waals surface area contributed by atoms with Crippen molar-refractivity contribution in [2.24, 2.45) is 0 Å². The van der Waals surface area contributed by atoms with Crippen LogP contribution in [0.4, 0.5) is 0 Å². The second-order valence-corrected chi connectivity index (χ2v) is 10.0. The van der Waals surface area contributed by atoms with Gasteiger partial charge in [0.2, 0.25) is 11.8 Å². The summed E-state index contributed by atoms with van der Waals surface area (Å²) < 4.78 is 0. The zero-order valence-corrected chi connectivity index (χ0v) is 20.9. The van der Waals surface area contributed by atoms with Crippen molar-refractivity contribution in [2.45, 2.75) is 90.3 Å². The lowest BCUT2D eigenvalue weighted by Crippen LogP contribution is -2.50. The predicted octanol–water partition coefficient (Wildman–Crippen LogP) is 6.26. The number of rotatable bonds is 9. The largest absolute Gasteiger partial charge is 0.352 e. The molecule has 1 saturated carbocycles. The van der Waals surface area contributed by atoms with Gasteiger partial charge in [-0.3, -0.25) is 9.59 Å². The fourth-order valence-corrected chi connectivity index (χ4v) is 4.53. The first-order chi connectivity index (χ1) is 15.8. The average molecular weight is 469 g/mol. The molecule has 1 aliphatic carbocycles. The highest BCUT2D eigenvalue weighted by Gasteiger charge is 2.28. The molecule has 5 heteroatoms. The van der Waals surface area contributed by atoms with Gasteiger partial charge >= 0.3 is 0 Å². The number of halogens is 1. The lowest BCUT2D eigenvalue weighted by Gasteiger charge is -2.31. The standard InChI is InChI=1S/C28H37ClN2O2/c1-20(2)24-14-9-22(10-15-24)13-18-27(32)31(19-23-11-16-25(29)17-12-23)21(3)28(33)30-26-7-5-4-6-8-26/h9-12,14-17,20-21,26H,4-8,13,18-19H2,1-3H3,(H,30,33). The van der Waals surface area contributed by atoms with E-state index in [9.17, 15) is 9.59 Å². The van der Waals surface area contributed by atoms with Crippen LogP contribution in [0.2, 0.25) is 5.02 Å². The molecule has 1 unspecified atom stereocenters. The van der Waals surface area contributed by atoms with Crippen molar-refractivity contribution in [2.75, 3.05) is 0 Å². The van der Waals surface area contributed by atoms with Gasteiger partial charge in [0, 0.05) is 24.0 Å². The van der Waals surface area contributed by atoms with Gasteiger partial charge in [0.1, 0.15) is 6.04 Å². The number of hydrogen-bond acceptors (Lipinski definition) is 2. The summed E-state index contributed by atoms with van der Waals surface area (Å²) >= 11 is 6.04. The Morgan fingerprint density at radius 1 is 0.939 bits per heavy atom. The van der Waals surface area contributed by atoms with E-state index in [1.54, 1.807) is 4.90 Å². The molecular formula is C28H37ClN2O2. The van der Waals surface area contributed by atoms with Gasteiger partial charge in [-0.25, -0.2) is 0 Å². The molecule has 2 aromatic carbocycles. The third-order valence-electron chi connectivity index (χ3n) is 6.66. The van der Waals surface area contributed by atoms with E-state index in [0.29, 0.717) is 30.3 Å². The van der Waals surface area contributed by atoms with Crippen LogP contribution in [0.1, 0.15) is 81.9 Å². The van der Waals surface area contributed by atoms with Crippen LogP contribution in [0.5, 0.6) is 0 Å². The molecule has 0 aromatic heterocycles. The molecule has 2 amide bonds. The molecular weight excluding hydrogens is 432 g/mol. The third-order valence-corrected chi connectivity index (χ3v) is 6.91. The molecule has 33 heavy (non-hydrogen) atoms. The number of benzene rings is 2. The van der Waals surface area contributed by atoms with Crippen LogP contribution in [0.3, 0.4) is 0 Å². The SMILES string of the molecule is CC(C)c1ccc(CCC(=O)N(Cc2ccc(Cl)cc2)C(C)C(=O)NC2CCCCC2)cc1. The number of carbonyl (C=O) groups excluding carboxylic acids is 2. The van der Waals surface area contributed by atoms with Crippen molar-refractivity contribution in [3.63, 3.8) is 0 Å². The third kappa shape index (κ3) is 7.60. The monoisotopic (exact) mass is 468 g/mol. The Labute approximate surface area is 203 Å². The Morgan fingerprint density at radius 2 is 1.55 bits per heavy atom. The molecule has 0 bridgehead atoms. The van der Waals surface area contributed by atoms with Crippen molar-refractivity contribution >= 4 is 23.4 Å². The normalized spacial score (nSPS) is 15.3. The maximum absolute atomic E-state index is 13.3. The number of carbonyl (C=O) groups is 2. The lowest BCUT2D eigenvalue weighted by molar-refractivity contribution is -0.141. The van der Waals surface area contributed by atoms with E-state index in [2.05, 4.69) is 43.4 Å². The highest BCUT2D eigenvalue weighted by atomic mass is 35.5. The van der Waals surface area contributed by atoms with Gasteiger partial charge in [0.25, 0.3) is 0 Å². The van der Waals surface area contributed by atoms with Crippen LogP contribution < -0.4 is 5.32 Å². The second-order valence-electron chi connectivity index (χ2n) is 9.56. The molecule has 178 valence electrons. The summed E-state index contributed by atoms with van der Waals surface area (Å²) in [6.45, 7) is 6.57. The van der Waals surface area contributed by atoms with Gasteiger partial charge in [-0.2, -0.15) is 0 Å². The van der Waals surface area contributed by atoms with E-state index in [1.807, 2.05) is 31.2 Å². The zero-order valence-electron chi connectivity index (χ0n) is 20.1. The van der Waals surface area contributed by atoms with Gasteiger partial charge in [-0.05, 0) is 60.9 Å². The summed E-state index contributed by atoms with van der Waals surface area (Å²) in [5.41, 5.74) is 3.40. The number of nitrogens with one attached hydrogen (secondary N) is 1. The first kappa shape index (κ1) is 25.3. The molecule has 2 aromatic rings. The molecule has 3 rings (SSSR count). The first-order valence-electron chi connectivity index (χ1n) is 12.3. The molecule has 0 spiro atoms. The molecule has 1 atom stereocenters. The number of amides is 2. The second kappa shape index (κ2) is 12.2. The zero-order chi connectivity index (χ0) is 23.8. The van der Waals surface area contributed by atoms with Crippen LogP contribution in [-0.4, -0.2) is 28.8 Å². The summed E-state index contributed by atoms with van der Waals surface area (Å²) in [6.07, 6.45) is 6.62. The fourth-order valence-electron chi connectivity index (χ4n) is 4.40. The smallest absolute Gasteiger partial charge is 0.242 e. The first-order valence-corrected chi connectivity index (χ1v) is 12.6.